The Morgan fingerprint density at radius 3 is 2.55 bits per heavy atom. The van der Waals surface area contributed by atoms with Gasteiger partial charge in [-0.3, -0.25) is 4.79 Å². The van der Waals surface area contributed by atoms with Crippen molar-refractivity contribution < 1.29 is 4.79 Å². The molecule has 0 aliphatic rings. The van der Waals surface area contributed by atoms with E-state index in [0.29, 0.717) is 22.4 Å². The van der Waals surface area contributed by atoms with E-state index >= 15 is 0 Å². The number of aromatic nitrogens is 2. The van der Waals surface area contributed by atoms with Gasteiger partial charge < -0.3 is 10.6 Å². The van der Waals surface area contributed by atoms with E-state index in [4.69, 9.17) is 11.6 Å². The highest BCUT2D eigenvalue weighted by Gasteiger charge is 2.12. The van der Waals surface area contributed by atoms with Crippen molar-refractivity contribution in [2.45, 2.75) is 33.7 Å². The molecular weight excluding hydrogens is 300 g/mol. The number of anilines is 2. The van der Waals surface area contributed by atoms with Crippen LogP contribution in [-0.2, 0) is 0 Å². The third-order valence-electron chi connectivity index (χ3n) is 2.93. The summed E-state index contributed by atoms with van der Waals surface area (Å²) in [5.41, 5.74) is 2.63. The number of halogens is 1. The van der Waals surface area contributed by atoms with Crippen LogP contribution < -0.4 is 10.6 Å². The maximum atomic E-state index is 12.3. The molecule has 116 valence electrons. The summed E-state index contributed by atoms with van der Waals surface area (Å²) in [4.78, 5) is 20.8. The number of nitrogens with zero attached hydrogens (tertiary/aromatic N) is 2. The highest BCUT2D eigenvalue weighted by Crippen LogP contribution is 2.20. The first-order valence-electron chi connectivity index (χ1n) is 7.05. The summed E-state index contributed by atoms with van der Waals surface area (Å²) in [5.74, 6) is 0.152. The number of rotatable bonds is 4. The van der Waals surface area contributed by atoms with Crippen molar-refractivity contribution in [2.75, 3.05) is 10.6 Å². The van der Waals surface area contributed by atoms with E-state index in [-0.39, 0.29) is 11.9 Å². The molecule has 1 amide bonds. The number of hydrogen-bond donors (Lipinski definition) is 2. The Balaban J connectivity index is 2.21. The van der Waals surface area contributed by atoms with E-state index < -0.39 is 0 Å². The third kappa shape index (κ3) is 4.18. The maximum absolute atomic E-state index is 12.3. The normalized spacial score (nSPS) is 10.6. The maximum Gasteiger partial charge on any atom is 0.274 e. The lowest BCUT2D eigenvalue weighted by atomic mass is 10.2. The standard InChI is InChI=1S/C16H19ClN4O/c1-9(2)18-16-19-11(4)7-14(21-16)15(22)20-12-6-5-10(3)13(17)8-12/h5-9H,1-4H3,(H,20,22)(H,18,19,21). The van der Waals surface area contributed by atoms with E-state index in [2.05, 4.69) is 20.6 Å². The lowest BCUT2D eigenvalue weighted by Gasteiger charge is -2.11. The van der Waals surface area contributed by atoms with Crippen LogP contribution in [0.15, 0.2) is 24.3 Å². The number of aryl methyl sites for hydroxylation is 2. The molecule has 22 heavy (non-hydrogen) atoms. The van der Waals surface area contributed by atoms with E-state index in [0.717, 1.165) is 11.3 Å². The lowest BCUT2D eigenvalue weighted by molar-refractivity contribution is 0.102. The largest absolute Gasteiger partial charge is 0.352 e. The van der Waals surface area contributed by atoms with Gasteiger partial charge in [-0.15, -0.1) is 0 Å². The Kier molecular flexibility index (Phi) is 4.98. The van der Waals surface area contributed by atoms with E-state index in [1.54, 1.807) is 18.2 Å². The zero-order valence-electron chi connectivity index (χ0n) is 13.1. The van der Waals surface area contributed by atoms with Crippen LogP contribution in [-0.4, -0.2) is 21.9 Å². The molecule has 1 aromatic carbocycles. The number of carbonyl (C=O) groups is 1. The van der Waals surface area contributed by atoms with Crippen LogP contribution in [0.1, 0.15) is 35.6 Å². The van der Waals surface area contributed by atoms with Crippen LogP contribution in [0.5, 0.6) is 0 Å². The lowest BCUT2D eigenvalue weighted by Crippen LogP contribution is -2.18. The molecule has 0 atom stereocenters. The van der Waals surface area contributed by atoms with Gasteiger partial charge in [-0.25, -0.2) is 9.97 Å². The van der Waals surface area contributed by atoms with E-state index in [9.17, 15) is 4.79 Å². The van der Waals surface area contributed by atoms with Gasteiger partial charge in [-0.05, 0) is 51.5 Å². The van der Waals surface area contributed by atoms with Crippen molar-refractivity contribution in [3.63, 3.8) is 0 Å². The summed E-state index contributed by atoms with van der Waals surface area (Å²) in [5, 5.41) is 6.50. The molecule has 2 rings (SSSR count). The second-order valence-corrected chi connectivity index (χ2v) is 5.84. The average Bonchev–Trinajstić information content (AvgIpc) is 2.41. The fraction of sp³-hybridized carbons (Fsp3) is 0.312. The van der Waals surface area contributed by atoms with Crippen LogP contribution in [0.4, 0.5) is 11.6 Å². The second-order valence-electron chi connectivity index (χ2n) is 5.44. The Hall–Kier alpha value is -2.14. The quantitative estimate of drug-likeness (QED) is 0.899. The predicted molar refractivity (Wildman–Crippen MR) is 89.7 cm³/mol. The molecule has 0 spiro atoms. The van der Waals surface area contributed by atoms with Gasteiger partial charge in [0.05, 0.1) is 0 Å². The van der Waals surface area contributed by atoms with Crippen molar-refractivity contribution in [2.24, 2.45) is 0 Å². The molecule has 5 nitrogen and oxygen atoms in total. The highest BCUT2D eigenvalue weighted by molar-refractivity contribution is 6.31. The number of benzene rings is 1. The van der Waals surface area contributed by atoms with Gasteiger partial charge >= 0.3 is 0 Å². The molecule has 0 aliphatic heterocycles. The summed E-state index contributed by atoms with van der Waals surface area (Å²) >= 11 is 6.06. The summed E-state index contributed by atoms with van der Waals surface area (Å²) < 4.78 is 0. The fourth-order valence-corrected chi connectivity index (χ4v) is 2.05. The monoisotopic (exact) mass is 318 g/mol. The minimum atomic E-state index is -0.294. The molecule has 6 heteroatoms. The number of carbonyl (C=O) groups excluding carboxylic acids is 1. The first-order chi connectivity index (χ1) is 10.3. The van der Waals surface area contributed by atoms with E-state index in [1.165, 1.54) is 0 Å². The number of nitrogens with one attached hydrogen (secondary N) is 2. The molecule has 0 fully saturated rings. The van der Waals surface area contributed by atoms with Crippen molar-refractivity contribution in [3.8, 4) is 0 Å². The average molecular weight is 319 g/mol. The van der Waals surface area contributed by atoms with Gasteiger partial charge in [0.1, 0.15) is 5.69 Å². The van der Waals surface area contributed by atoms with Crippen molar-refractivity contribution >= 4 is 29.1 Å². The molecule has 0 bridgehead atoms. The van der Waals surface area contributed by atoms with Crippen LogP contribution >= 0.6 is 11.6 Å². The number of hydrogen-bond acceptors (Lipinski definition) is 4. The van der Waals surface area contributed by atoms with Crippen molar-refractivity contribution in [1.29, 1.82) is 0 Å². The van der Waals surface area contributed by atoms with Crippen molar-refractivity contribution in [3.05, 3.63) is 46.2 Å². The third-order valence-corrected chi connectivity index (χ3v) is 3.34. The van der Waals surface area contributed by atoms with Gasteiger partial charge in [0.25, 0.3) is 5.91 Å². The SMILES string of the molecule is Cc1cc(C(=O)Nc2ccc(C)c(Cl)c2)nc(NC(C)C)n1. The van der Waals surface area contributed by atoms with Gasteiger partial charge in [-0.2, -0.15) is 0 Å². The molecule has 0 unspecified atom stereocenters. The molecule has 1 aromatic heterocycles. The first-order valence-corrected chi connectivity index (χ1v) is 7.42. The van der Waals surface area contributed by atoms with E-state index in [1.807, 2.05) is 33.8 Å². The zero-order valence-corrected chi connectivity index (χ0v) is 13.8. The Morgan fingerprint density at radius 2 is 1.91 bits per heavy atom. The molecule has 0 radical (unpaired) electrons. The van der Waals surface area contributed by atoms with Crippen LogP contribution in [0.25, 0.3) is 0 Å². The molecular formula is C16H19ClN4O. The second kappa shape index (κ2) is 6.75. The van der Waals surface area contributed by atoms with Gasteiger partial charge in [0.15, 0.2) is 0 Å². The molecule has 0 saturated carbocycles. The summed E-state index contributed by atoms with van der Waals surface area (Å²) in [6, 6.07) is 7.22. The Bertz CT molecular complexity index is 701. The summed E-state index contributed by atoms with van der Waals surface area (Å²) in [7, 11) is 0. The molecule has 2 N–H and O–H groups in total. The fourth-order valence-electron chi connectivity index (χ4n) is 1.87. The van der Waals surface area contributed by atoms with Crippen LogP contribution in [0, 0.1) is 13.8 Å². The highest BCUT2D eigenvalue weighted by atomic mass is 35.5. The zero-order chi connectivity index (χ0) is 16.3. The van der Waals surface area contributed by atoms with Crippen LogP contribution in [0.3, 0.4) is 0 Å². The predicted octanol–water partition coefficient (Wildman–Crippen LogP) is 3.82. The Morgan fingerprint density at radius 1 is 1.18 bits per heavy atom. The summed E-state index contributed by atoms with van der Waals surface area (Å²) in [6.07, 6.45) is 0. The topological polar surface area (TPSA) is 66.9 Å². The summed E-state index contributed by atoms with van der Waals surface area (Å²) in [6.45, 7) is 7.71. The Labute approximate surface area is 135 Å². The van der Waals surface area contributed by atoms with Gasteiger partial charge in [0.2, 0.25) is 5.95 Å². The molecule has 0 aliphatic carbocycles. The smallest absolute Gasteiger partial charge is 0.274 e. The molecule has 1 heterocycles. The first kappa shape index (κ1) is 16.2. The molecule has 0 saturated heterocycles. The number of amides is 1. The van der Waals surface area contributed by atoms with Gasteiger partial charge in [-0.1, -0.05) is 17.7 Å². The van der Waals surface area contributed by atoms with Gasteiger partial charge in [0, 0.05) is 22.4 Å². The minimum absolute atomic E-state index is 0.189. The van der Waals surface area contributed by atoms with Crippen LogP contribution in [0.2, 0.25) is 5.02 Å². The van der Waals surface area contributed by atoms with Crippen molar-refractivity contribution in [1.82, 2.24) is 9.97 Å². The molecule has 2 aromatic rings. The minimum Gasteiger partial charge on any atom is -0.352 e.